The number of rotatable bonds is 8. The third-order valence-corrected chi connectivity index (χ3v) is 3.06. The molecule has 1 aromatic rings. The Kier molecular flexibility index (Phi) is 6.28. The van der Waals surface area contributed by atoms with Gasteiger partial charge in [-0.05, 0) is 31.7 Å². The summed E-state index contributed by atoms with van der Waals surface area (Å²) in [6.07, 6.45) is 1.11. The summed E-state index contributed by atoms with van der Waals surface area (Å²) in [6.45, 7) is 12.6. The molecule has 0 saturated heterocycles. The van der Waals surface area contributed by atoms with Crippen molar-refractivity contribution in [2.24, 2.45) is 11.8 Å². The molecule has 0 radical (unpaired) electrons. The standard InChI is InChI=1S/C14H28N4O/c1-10(2)7-12(5)18(6)14-17-16-13(19-14)9-15-8-11(3)4/h10-12,15H,7-9H2,1-6H3. The normalized spacial score (nSPS) is 13.3. The van der Waals surface area contributed by atoms with Gasteiger partial charge in [-0.2, -0.15) is 0 Å². The highest BCUT2D eigenvalue weighted by Gasteiger charge is 2.17. The molecular weight excluding hydrogens is 240 g/mol. The number of nitrogens with zero attached hydrogens (tertiary/aromatic N) is 3. The quantitative estimate of drug-likeness (QED) is 0.785. The van der Waals surface area contributed by atoms with Gasteiger partial charge in [-0.1, -0.05) is 32.8 Å². The smallest absolute Gasteiger partial charge is 0.318 e. The maximum absolute atomic E-state index is 5.67. The Hall–Kier alpha value is -1.10. The molecule has 5 heteroatoms. The Bertz CT molecular complexity index is 362. The van der Waals surface area contributed by atoms with Gasteiger partial charge >= 0.3 is 6.01 Å². The van der Waals surface area contributed by atoms with E-state index in [0.29, 0.717) is 36.3 Å². The van der Waals surface area contributed by atoms with Crippen LogP contribution in [0.5, 0.6) is 0 Å². The molecule has 110 valence electrons. The minimum atomic E-state index is 0.400. The zero-order chi connectivity index (χ0) is 14.4. The summed E-state index contributed by atoms with van der Waals surface area (Å²) < 4.78 is 5.67. The van der Waals surface area contributed by atoms with Crippen molar-refractivity contribution in [3.05, 3.63) is 5.89 Å². The Labute approximate surface area is 116 Å². The molecule has 5 nitrogen and oxygen atoms in total. The second-order valence-corrected chi connectivity index (χ2v) is 6.09. The van der Waals surface area contributed by atoms with E-state index in [9.17, 15) is 0 Å². The van der Waals surface area contributed by atoms with Gasteiger partial charge in [0.2, 0.25) is 5.89 Å². The molecule has 0 aliphatic heterocycles. The Morgan fingerprint density at radius 3 is 2.37 bits per heavy atom. The minimum absolute atomic E-state index is 0.400. The summed E-state index contributed by atoms with van der Waals surface area (Å²) in [5.41, 5.74) is 0. The molecule has 1 aromatic heterocycles. The van der Waals surface area contributed by atoms with Crippen molar-refractivity contribution in [2.45, 2.75) is 53.6 Å². The molecule has 0 spiro atoms. The highest BCUT2D eigenvalue weighted by atomic mass is 16.4. The van der Waals surface area contributed by atoms with Crippen molar-refractivity contribution < 1.29 is 4.42 Å². The number of nitrogens with one attached hydrogen (secondary N) is 1. The predicted molar refractivity (Wildman–Crippen MR) is 78.2 cm³/mol. The van der Waals surface area contributed by atoms with E-state index >= 15 is 0 Å². The van der Waals surface area contributed by atoms with Gasteiger partial charge in [0, 0.05) is 13.1 Å². The fraction of sp³-hybridized carbons (Fsp3) is 0.857. The summed E-state index contributed by atoms with van der Waals surface area (Å²) in [6, 6.07) is 1.01. The first-order valence-corrected chi connectivity index (χ1v) is 7.16. The first-order valence-electron chi connectivity index (χ1n) is 7.16. The van der Waals surface area contributed by atoms with E-state index in [4.69, 9.17) is 4.42 Å². The van der Waals surface area contributed by atoms with E-state index in [1.807, 2.05) is 7.05 Å². The largest absolute Gasteiger partial charge is 0.407 e. The van der Waals surface area contributed by atoms with Crippen molar-refractivity contribution in [1.82, 2.24) is 15.5 Å². The predicted octanol–water partition coefficient (Wildman–Crippen LogP) is 2.69. The Balaban J connectivity index is 2.48. The zero-order valence-electron chi connectivity index (χ0n) is 13.1. The van der Waals surface area contributed by atoms with Crippen LogP contribution in [0.1, 0.15) is 46.9 Å². The Morgan fingerprint density at radius 1 is 1.11 bits per heavy atom. The third kappa shape index (κ3) is 5.59. The van der Waals surface area contributed by atoms with E-state index in [1.54, 1.807) is 0 Å². The number of aromatic nitrogens is 2. The first kappa shape index (κ1) is 16.0. The van der Waals surface area contributed by atoms with Crippen LogP contribution in [0.15, 0.2) is 4.42 Å². The lowest BCUT2D eigenvalue weighted by atomic mass is 10.0. The van der Waals surface area contributed by atoms with Gasteiger partial charge in [0.25, 0.3) is 0 Å². The molecular formula is C14H28N4O. The molecule has 0 saturated carbocycles. The van der Waals surface area contributed by atoms with Crippen LogP contribution in [-0.4, -0.2) is 29.8 Å². The lowest BCUT2D eigenvalue weighted by molar-refractivity contribution is 0.430. The molecule has 1 N–H and O–H groups in total. The summed E-state index contributed by atoms with van der Waals surface area (Å²) in [5.74, 6) is 1.93. The highest BCUT2D eigenvalue weighted by Crippen LogP contribution is 2.17. The highest BCUT2D eigenvalue weighted by molar-refractivity contribution is 5.23. The van der Waals surface area contributed by atoms with Gasteiger partial charge in [-0.3, -0.25) is 0 Å². The van der Waals surface area contributed by atoms with E-state index in [-0.39, 0.29) is 0 Å². The first-order chi connectivity index (χ1) is 8.90. The van der Waals surface area contributed by atoms with Crippen molar-refractivity contribution in [3.8, 4) is 0 Å². The van der Waals surface area contributed by atoms with Gasteiger partial charge < -0.3 is 14.6 Å². The number of hydrogen-bond acceptors (Lipinski definition) is 5. The van der Waals surface area contributed by atoms with Gasteiger partial charge in [-0.15, -0.1) is 5.10 Å². The van der Waals surface area contributed by atoms with E-state index in [0.717, 1.165) is 13.0 Å². The average molecular weight is 268 g/mol. The molecule has 19 heavy (non-hydrogen) atoms. The van der Waals surface area contributed by atoms with E-state index in [1.165, 1.54) is 0 Å². The van der Waals surface area contributed by atoms with Crippen LogP contribution < -0.4 is 10.2 Å². The van der Waals surface area contributed by atoms with E-state index < -0.39 is 0 Å². The second kappa shape index (κ2) is 7.48. The Morgan fingerprint density at radius 2 is 1.79 bits per heavy atom. The summed E-state index contributed by atoms with van der Waals surface area (Å²) in [5, 5.41) is 11.5. The average Bonchev–Trinajstić information content (AvgIpc) is 2.75. The summed E-state index contributed by atoms with van der Waals surface area (Å²) in [4.78, 5) is 2.05. The third-order valence-electron chi connectivity index (χ3n) is 3.06. The van der Waals surface area contributed by atoms with Crippen LogP contribution in [0.2, 0.25) is 0 Å². The van der Waals surface area contributed by atoms with Crippen molar-refractivity contribution in [1.29, 1.82) is 0 Å². The molecule has 0 bridgehead atoms. The molecule has 0 amide bonds. The monoisotopic (exact) mass is 268 g/mol. The van der Waals surface area contributed by atoms with Crippen LogP contribution in [-0.2, 0) is 6.54 Å². The molecule has 1 rings (SSSR count). The van der Waals surface area contributed by atoms with Gasteiger partial charge in [0.1, 0.15) is 0 Å². The van der Waals surface area contributed by atoms with Crippen LogP contribution >= 0.6 is 0 Å². The molecule has 1 atom stereocenters. The van der Waals surface area contributed by atoms with Gasteiger partial charge in [0.05, 0.1) is 6.54 Å². The summed E-state index contributed by atoms with van der Waals surface area (Å²) in [7, 11) is 2.01. The number of hydrogen-bond donors (Lipinski definition) is 1. The summed E-state index contributed by atoms with van der Waals surface area (Å²) >= 11 is 0. The van der Waals surface area contributed by atoms with Crippen molar-refractivity contribution >= 4 is 6.01 Å². The lowest BCUT2D eigenvalue weighted by Gasteiger charge is -2.24. The minimum Gasteiger partial charge on any atom is -0.407 e. The molecule has 0 aliphatic carbocycles. The topological polar surface area (TPSA) is 54.2 Å². The lowest BCUT2D eigenvalue weighted by Crippen LogP contribution is -2.30. The van der Waals surface area contributed by atoms with Crippen LogP contribution in [0.3, 0.4) is 0 Å². The molecule has 0 aliphatic rings. The zero-order valence-corrected chi connectivity index (χ0v) is 13.1. The van der Waals surface area contributed by atoms with Crippen LogP contribution in [0.25, 0.3) is 0 Å². The molecule has 1 unspecified atom stereocenters. The van der Waals surface area contributed by atoms with E-state index in [2.05, 4.69) is 55.0 Å². The van der Waals surface area contributed by atoms with Crippen molar-refractivity contribution in [2.75, 3.05) is 18.5 Å². The SMILES string of the molecule is CC(C)CNCc1nnc(N(C)C(C)CC(C)C)o1. The fourth-order valence-electron chi connectivity index (χ4n) is 1.96. The van der Waals surface area contributed by atoms with Gasteiger partial charge in [-0.25, -0.2) is 0 Å². The molecule has 0 aromatic carbocycles. The molecule has 0 fully saturated rings. The number of anilines is 1. The maximum atomic E-state index is 5.67. The maximum Gasteiger partial charge on any atom is 0.318 e. The fourth-order valence-corrected chi connectivity index (χ4v) is 1.96. The van der Waals surface area contributed by atoms with Crippen LogP contribution in [0, 0.1) is 11.8 Å². The van der Waals surface area contributed by atoms with Crippen LogP contribution in [0.4, 0.5) is 6.01 Å². The molecule has 1 heterocycles. The van der Waals surface area contributed by atoms with Crippen molar-refractivity contribution in [3.63, 3.8) is 0 Å². The second-order valence-electron chi connectivity index (χ2n) is 6.09. The van der Waals surface area contributed by atoms with Gasteiger partial charge in [0.15, 0.2) is 0 Å².